The van der Waals surface area contributed by atoms with E-state index in [4.69, 9.17) is 5.73 Å². The fourth-order valence-corrected chi connectivity index (χ4v) is 3.39. The maximum atomic E-state index is 6.47. The normalized spacial score (nSPS) is 26.5. The van der Waals surface area contributed by atoms with Gasteiger partial charge in [0.1, 0.15) is 0 Å². The molecule has 0 saturated heterocycles. The van der Waals surface area contributed by atoms with Crippen LogP contribution in [-0.4, -0.2) is 54.6 Å². The molecule has 0 aromatic rings. The molecule has 2 atom stereocenters. The van der Waals surface area contributed by atoms with E-state index in [9.17, 15) is 0 Å². The topological polar surface area (TPSA) is 32.5 Å². The zero-order chi connectivity index (χ0) is 14.5. The van der Waals surface area contributed by atoms with Crippen LogP contribution in [0, 0.1) is 5.41 Å². The van der Waals surface area contributed by atoms with Crippen molar-refractivity contribution in [3.8, 4) is 0 Å². The van der Waals surface area contributed by atoms with E-state index in [-0.39, 0.29) is 0 Å². The number of hydrogen-bond acceptors (Lipinski definition) is 3. The lowest BCUT2D eigenvalue weighted by Gasteiger charge is -2.34. The molecule has 0 aromatic carbocycles. The summed E-state index contributed by atoms with van der Waals surface area (Å²) in [6, 6.07) is 0.928. The van der Waals surface area contributed by atoms with E-state index in [0.29, 0.717) is 17.5 Å². The number of nitrogens with zero attached hydrogens (tertiary/aromatic N) is 2. The van der Waals surface area contributed by atoms with Gasteiger partial charge in [0.05, 0.1) is 0 Å². The highest BCUT2D eigenvalue weighted by molar-refractivity contribution is 4.99. The summed E-state index contributed by atoms with van der Waals surface area (Å²) in [7, 11) is 0. The van der Waals surface area contributed by atoms with E-state index >= 15 is 0 Å². The summed E-state index contributed by atoms with van der Waals surface area (Å²) in [5, 5.41) is 0. The second kappa shape index (κ2) is 7.61. The largest absolute Gasteiger partial charge is 0.326 e. The summed E-state index contributed by atoms with van der Waals surface area (Å²) in [4.78, 5) is 5.12. The van der Waals surface area contributed by atoms with Crippen molar-refractivity contribution in [1.82, 2.24) is 9.80 Å². The Kier molecular flexibility index (Phi) is 6.78. The average molecular weight is 269 g/mol. The minimum absolute atomic E-state index is 0.316. The molecule has 1 fully saturated rings. The van der Waals surface area contributed by atoms with E-state index in [1.54, 1.807) is 0 Å². The van der Waals surface area contributed by atoms with Crippen LogP contribution in [0.25, 0.3) is 0 Å². The number of hydrogen-bond donors (Lipinski definition) is 1. The zero-order valence-electron chi connectivity index (χ0n) is 13.8. The Morgan fingerprint density at radius 1 is 1.05 bits per heavy atom. The summed E-state index contributed by atoms with van der Waals surface area (Å²) >= 11 is 0. The van der Waals surface area contributed by atoms with Crippen LogP contribution >= 0.6 is 0 Å². The van der Waals surface area contributed by atoms with Crippen molar-refractivity contribution in [2.24, 2.45) is 11.1 Å². The molecule has 2 unspecified atom stereocenters. The van der Waals surface area contributed by atoms with Crippen LogP contribution in [-0.2, 0) is 0 Å². The van der Waals surface area contributed by atoms with E-state index < -0.39 is 0 Å². The Labute approximate surface area is 120 Å². The maximum Gasteiger partial charge on any atom is 0.0252 e. The van der Waals surface area contributed by atoms with Crippen LogP contribution in [0.4, 0.5) is 0 Å². The molecule has 0 radical (unpaired) electrons. The first-order valence-corrected chi connectivity index (χ1v) is 8.18. The van der Waals surface area contributed by atoms with Gasteiger partial charge in [-0.1, -0.05) is 34.6 Å². The van der Waals surface area contributed by atoms with Crippen molar-refractivity contribution in [3.63, 3.8) is 0 Å². The van der Waals surface area contributed by atoms with Crippen molar-refractivity contribution >= 4 is 0 Å². The quantitative estimate of drug-likeness (QED) is 0.735. The third kappa shape index (κ3) is 4.44. The molecule has 114 valence electrons. The minimum atomic E-state index is 0.316. The first kappa shape index (κ1) is 16.9. The van der Waals surface area contributed by atoms with Crippen molar-refractivity contribution in [2.45, 2.75) is 66.0 Å². The highest BCUT2D eigenvalue weighted by Gasteiger charge is 2.41. The summed E-state index contributed by atoms with van der Waals surface area (Å²) in [5.41, 5.74) is 6.78. The lowest BCUT2D eigenvalue weighted by atomic mass is 9.87. The highest BCUT2D eigenvalue weighted by atomic mass is 15.2. The number of rotatable bonds is 8. The molecule has 0 aromatic heterocycles. The molecule has 1 aliphatic rings. The van der Waals surface area contributed by atoms with E-state index in [1.165, 1.54) is 45.4 Å². The fourth-order valence-electron chi connectivity index (χ4n) is 3.39. The molecule has 2 N–H and O–H groups in total. The molecule has 1 rings (SSSR count). The van der Waals surface area contributed by atoms with Crippen LogP contribution in [0.15, 0.2) is 0 Å². The predicted molar refractivity (Wildman–Crippen MR) is 84.4 cm³/mol. The number of nitrogens with two attached hydrogens (primary N) is 1. The van der Waals surface area contributed by atoms with Gasteiger partial charge in [-0.15, -0.1) is 0 Å². The van der Waals surface area contributed by atoms with Gasteiger partial charge in [-0.2, -0.15) is 0 Å². The molecule has 0 spiro atoms. The van der Waals surface area contributed by atoms with Gasteiger partial charge in [0.15, 0.2) is 0 Å². The van der Waals surface area contributed by atoms with Crippen molar-refractivity contribution in [2.75, 3.05) is 32.7 Å². The molecule has 0 bridgehead atoms. The lowest BCUT2D eigenvalue weighted by Crippen LogP contribution is -2.49. The maximum absolute atomic E-state index is 6.47. The van der Waals surface area contributed by atoms with E-state index in [1.807, 2.05) is 0 Å². The smallest absolute Gasteiger partial charge is 0.0252 e. The molecule has 0 heterocycles. The van der Waals surface area contributed by atoms with Crippen LogP contribution in [0.3, 0.4) is 0 Å². The van der Waals surface area contributed by atoms with Gasteiger partial charge in [-0.25, -0.2) is 0 Å². The first-order chi connectivity index (χ1) is 8.96. The van der Waals surface area contributed by atoms with Gasteiger partial charge in [-0.3, -0.25) is 4.90 Å². The molecule has 19 heavy (non-hydrogen) atoms. The van der Waals surface area contributed by atoms with Crippen LogP contribution in [0.2, 0.25) is 0 Å². The zero-order valence-corrected chi connectivity index (χ0v) is 13.8. The Bertz CT molecular complexity index is 248. The Morgan fingerprint density at radius 2 is 1.68 bits per heavy atom. The Balaban J connectivity index is 2.42. The number of likely N-dealkylation sites (N-methyl/N-ethyl adjacent to an activating group) is 1. The minimum Gasteiger partial charge on any atom is -0.326 e. The summed E-state index contributed by atoms with van der Waals surface area (Å²) in [6.07, 6.45) is 3.80. The van der Waals surface area contributed by atoms with Crippen molar-refractivity contribution in [3.05, 3.63) is 0 Å². The average Bonchev–Trinajstić information content (AvgIpc) is 2.66. The molecule has 0 amide bonds. The Morgan fingerprint density at radius 3 is 2.11 bits per heavy atom. The fraction of sp³-hybridized carbons (Fsp3) is 1.00. The van der Waals surface area contributed by atoms with Crippen LogP contribution < -0.4 is 5.73 Å². The van der Waals surface area contributed by atoms with Gasteiger partial charge in [0.25, 0.3) is 0 Å². The third-order valence-electron chi connectivity index (χ3n) is 5.09. The lowest BCUT2D eigenvalue weighted by molar-refractivity contribution is 0.161. The third-order valence-corrected chi connectivity index (χ3v) is 5.09. The van der Waals surface area contributed by atoms with Crippen molar-refractivity contribution in [1.29, 1.82) is 0 Å². The summed E-state index contributed by atoms with van der Waals surface area (Å²) < 4.78 is 0. The van der Waals surface area contributed by atoms with E-state index in [2.05, 4.69) is 44.4 Å². The standard InChI is InChI=1S/C16H35N3/c1-6-18(7-2)12-9-13-19(8-3)14-10-11-16(4,5)15(14)17/h14-15H,6-13,17H2,1-5H3. The molecule has 0 aliphatic heterocycles. The highest BCUT2D eigenvalue weighted by Crippen LogP contribution is 2.38. The molecular weight excluding hydrogens is 234 g/mol. The van der Waals surface area contributed by atoms with Gasteiger partial charge >= 0.3 is 0 Å². The molecular formula is C16H35N3. The molecule has 3 nitrogen and oxygen atoms in total. The molecule has 3 heteroatoms. The predicted octanol–water partition coefficient (Wildman–Crippen LogP) is 2.56. The second-order valence-corrected chi connectivity index (χ2v) is 6.63. The second-order valence-electron chi connectivity index (χ2n) is 6.63. The van der Waals surface area contributed by atoms with Crippen molar-refractivity contribution < 1.29 is 0 Å². The molecule has 1 saturated carbocycles. The van der Waals surface area contributed by atoms with Crippen LogP contribution in [0.5, 0.6) is 0 Å². The van der Waals surface area contributed by atoms with Gasteiger partial charge in [0, 0.05) is 12.1 Å². The summed E-state index contributed by atoms with van der Waals surface area (Å²) in [5.74, 6) is 0. The van der Waals surface area contributed by atoms with Crippen LogP contribution in [0.1, 0.15) is 53.9 Å². The summed E-state index contributed by atoms with van der Waals surface area (Å²) in [6.45, 7) is 17.3. The van der Waals surface area contributed by atoms with Gasteiger partial charge in [0.2, 0.25) is 0 Å². The Hall–Kier alpha value is -0.120. The SMILES string of the molecule is CCN(CC)CCCN(CC)C1CCC(C)(C)C1N. The van der Waals surface area contributed by atoms with Gasteiger partial charge < -0.3 is 10.6 Å². The molecule has 1 aliphatic carbocycles. The first-order valence-electron chi connectivity index (χ1n) is 8.18. The van der Waals surface area contributed by atoms with Gasteiger partial charge in [-0.05, 0) is 57.4 Å². The van der Waals surface area contributed by atoms with E-state index in [0.717, 1.165) is 6.54 Å². The monoisotopic (exact) mass is 269 g/mol.